The lowest BCUT2D eigenvalue weighted by atomic mass is 10.1. The zero-order valence-electron chi connectivity index (χ0n) is 16.3. The molecule has 2 heterocycles. The van der Waals surface area contributed by atoms with E-state index in [1.807, 2.05) is 44.2 Å². The number of aryl methyl sites for hydroxylation is 1. The van der Waals surface area contributed by atoms with Gasteiger partial charge in [-0.05, 0) is 44.0 Å². The number of nitrogens with one attached hydrogen (secondary N) is 1. The molecule has 29 heavy (non-hydrogen) atoms. The molecule has 1 aromatic heterocycles. The summed E-state index contributed by atoms with van der Waals surface area (Å²) < 4.78 is 25.5. The van der Waals surface area contributed by atoms with E-state index in [1.165, 1.54) is 21.9 Å². The number of anilines is 2. The van der Waals surface area contributed by atoms with Crippen LogP contribution in [-0.2, 0) is 16.4 Å². The molecule has 6 nitrogen and oxygen atoms in total. The molecule has 1 N–H and O–H groups in total. The number of carbonyl (C=O) groups excluding carboxylic acids is 1. The first-order valence-corrected chi connectivity index (χ1v) is 11.9. The van der Waals surface area contributed by atoms with Crippen LogP contribution in [0.25, 0.3) is 11.3 Å². The molecule has 0 unspecified atom stereocenters. The topological polar surface area (TPSA) is 79.4 Å². The van der Waals surface area contributed by atoms with Crippen LogP contribution in [0.1, 0.15) is 27.7 Å². The van der Waals surface area contributed by atoms with E-state index in [0.717, 1.165) is 21.7 Å². The Morgan fingerprint density at radius 2 is 1.93 bits per heavy atom. The molecule has 4 rings (SSSR count). The van der Waals surface area contributed by atoms with Gasteiger partial charge in [-0.1, -0.05) is 30.3 Å². The van der Waals surface area contributed by atoms with E-state index in [1.54, 1.807) is 18.2 Å². The molecule has 0 fully saturated rings. The Hall–Kier alpha value is -2.71. The Labute approximate surface area is 174 Å². The molecule has 1 aliphatic rings. The van der Waals surface area contributed by atoms with E-state index in [4.69, 9.17) is 0 Å². The molecule has 2 aromatic carbocycles. The Balaban J connectivity index is 1.57. The van der Waals surface area contributed by atoms with Crippen LogP contribution in [0, 0.1) is 6.92 Å². The summed E-state index contributed by atoms with van der Waals surface area (Å²) in [7, 11) is -3.35. The van der Waals surface area contributed by atoms with Crippen LogP contribution in [0.3, 0.4) is 0 Å². The fourth-order valence-electron chi connectivity index (χ4n) is 3.73. The van der Waals surface area contributed by atoms with E-state index in [2.05, 4.69) is 10.3 Å². The number of thiazole rings is 1. The standard InChI is InChI=1S/C21H21N3O3S2/c1-13-11-17-12-16(9-10-18(17)24(13)29(3,26)27)20(25)23-21-22-19(14(2)28-21)15-7-5-4-6-8-15/h4-10,12-13H,11H2,1-3H3,(H,22,23,25)/t13-/m1/s1. The third-order valence-electron chi connectivity index (χ3n) is 4.92. The van der Waals surface area contributed by atoms with Crippen molar-refractivity contribution in [2.75, 3.05) is 15.9 Å². The average molecular weight is 428 g/mol. The summed E-state index contributed by atoms with van der Waals surface area (Å²) in [6.45, 7) is 3.84. The maximum absolute atomic E-state index is 12.8. The van der Waals surface area contributed by atoms with Crippen LogP contribution >= 0.6 is 11.3 Å². The number of nitrogens with zero attached hydrogens (tertiary/aromatic N) is 2. The number of amides is 1. The van der Waals surface area contributed by atoms with E-state index < -0.39 is 10.0 Å². The summed E-state index contributed by atoms with van der Waals surface area (Å²) in [5.41, 5.74) is 3.86. The number of carbonyl (C=O) groups is 1. The first-order valence-electron chi connectivity index (χ1n) is 9.20. The molecule has 150 valence electrons. The highest BCUT2D eigenvalue weighted by Gasteiger charge is 2.32. The van der Waals surface area contributed by atoms with Crippen molar-refractivity contribution in [3.8, 4) is 11.3 Å². The Morgan fingerprint density at radius 1 is 1.21 bits per heavy atom. The fraction of sp³-hybridized carbons (Fsp3) is 0.238. The lowest BCUT2D eigenvalue weighted by Crippen LogP contribution is -2.34. The fourth-order valence-corrected chi connectivity index (χ4v) is 5.83. The second kappa shape index (κ2) is 7.27. The van der Waals surface area contributed by atoms with E-state index in [0.29, 0.717) is 22.8 Å². The summed E-state index contributed by atoms with van der Waals surface area (Å²) in [5.74, 6) is -0.258. The molecule has 0 aliphatic carbocycles. The number of rotatable bonds is 4. The van der Waals surface area contributed by atoms with Gasteiger partial charge in [0, 0.05) is 22.0 Å². The number of sulfonamides is 1. The van der Waals surface area contributed by atoms with E-state index >= 15 is 0 Å². The highest BCUT2D eigenvalue weighted by atomic mass is 32.2. The third kappa shape index (κ3) is 3.77. The van der Waals surface area contributed by atoms with Crippen molar-refractivity contribution < 1.29 is 13.2 Å². The van der Waals surface area contributed by atoms with Crippen molar-refractivity contribution in [2.24, 2.45) is 0 Å². The van der Waals surface area contributed by atoms with Crippen LogP contribution in [-0.4, -0.2) is 31.6 Å². The molecule has 1 amide bonds. The molecule has 0 saturated carbocycles. The Kier molecular flexibility index (Phi) is 4.92. The number of aromatic nitrogens is 1. The van der Waals surface area contributed by atoms with Gasteiger partial charge in [0.1, 0.15) is 0 Å². The molecule has 0 saturated heterocycles. The zero-order chi connectivity index (χ0) is 20.8. The van der Waals surface area contributed by atoms with Crippen molar-refractivity contribution in [2.45, 2.75) is 26.3 Å². The van der Waals surface area contributed by atoms with Crippen molar-refractivity contribution in [1.29, 1.82) is 0 Å². The van der Waals surface area contributed by atoms with Crippen molar-refractivity contribution in [1.82, 2.24) is 4.98 Å². The normalized spacial score (nSPS) is 16.0. The highest BCUT2D eigenvalue weighted by molar-refractivity contribution is 7.92. The van der Waals surface area contributed by atoms with Crippen molar-refractivity contribution in [3.63, 3.8) is 0 Å². The van der Waals surface area contributed by atoms with E-state index in [-0.39, 0.29) is 11.9 Å². The molecule has 0 bridgehead atoms. The van der Waals surface area contributed by atoms with Crippen LogP contribution in [0.4, 0.5) is 10.8 Å². The number of hydrogen-bond donors (Lipinski definition) is 1. The second-order valence-electron chi connectivity index (χ2n) is 7.20. The monoisotopic (exact) mass is 427 g/mol. The molecular formula is C21H21N3O3S2. The predicted octanol–water partition coefficient (Wildman–Crippen LogP) is 4.08. The van der Waals surface area contributed by atoms with Gasteiger partial charge in [0.2, 0.25) is 10.0 Å². The second-order valence-corrected chi connectivity index (χ2v) is 10.3. The van der Waals surface area contributed by atoms with E-state index in [9.17, 15) is 13.2 Å². The molecule has 1 aliphatic heterocycles. The average Bonchev–Trinajstić information content (AvgIpc) is 3.19. The Morgan fingerprint density at radius 3 is 2.62 bits per heavy atom. The van der Waals surface area contributed by atoms with Crippen LogP contribution in [0.15, 0.2) is 48.5 Å². The van der Waals surface area contributed by atoms with Gasteiger partial charge in [0.15, 0.2) is 5.13 Å². The Bertz CT molecular complexity index is 1190. The quantitative estimate of drug-likeness (QED) is 0.680. The molecular weight excluding hydrogens is 406 g/mol. The van der Waals surface area contributed by atoms with Gasteiger partial charge in [0.25, 0.3) is 5.91 Å². The number of fused-ring (bicyclic) bond motifs is 1. The van der Waals surface area contributed by atoms with Gasteiger partial charge in [-0.2, -0.15) is 0 Å². The molecule has 8 heteroatoms. The third-order valence-corrected chi connectivity index (χ3v) is 7.07. The minimum atomic E-state index is -3.35. The number of benzene rings is 2. The smallest absolute Gasteiger partial charge is 0.257 e. The summed E-state index contributed by atoms with van der Waals surface area (Å²) in [4.78, 5) is 18.4. The number of hydrogen-bond acceptors (Lipinski definition) is 5. The van der Waals surface area contributed by atoms with Gasteiger partial charge < -0.3 is 0 Å². The van der Waals surface area contributed by atoms with Crippen LogP contribution < -0.4 is 9.62 Å². The highest BCUT2D eigenvalue weighted by Crippen LogP contribution is 2.35. The van der Waals surface area contributed by atoms with Crippen LogP contribution in [0.2, 0.25) is 0 Å². The first kappa shape index (κ1) is 19.6. The molecule has 3 aromatic rings. The maximum atomic E-state index is 12.8. The minimum absolute atomic E-state index is 0.159. The SMILES string of the molecule is Cc1sc(NC(=O)c2ccc3c(c2)C[C@@H](C)N3S(C)(=O)=O)nc1-c1ccccc1. The molecule has 0 spiro atoms. The summed E-state index contributed by atoms with van der Waals surface area (Å²) in [5, 5.41) is 3.41. The lowest BCUT2D eigenvalue weighted by molar-refractivity contribution is 0.102. The van der Waals surface area contributed by atoms with Gasteiger partial charge >= 0.3 is 0 Å². The largest absolute Gasteiger partial charge is 0.298 e. The van der Waals surface area contributed by atoms with Crippen molar-refractivity contribution in [3.05, 3.63) is 64.5 Å². The first-order chi connectivity index (χ1) is 13.7. The van der Waals surface area contributed by atoms with Crippen molar-refractivity contribution >= 4 is 38.1 Å². The van der Waals surface area contributed by atoms with Crippen LogP contribution in [0.5, 0.6) is 0 Å². The van der Waals surface area contributed by atoms with Gasteiger partial charge in [-0.15, -0.1) is 11.3 Å². The summed E-state index contributed by atoms with van der Waals surface area (Å²) >= 11 is 1.43. The maximum Gasteiger partial charge on any atom is 0.257 e. The molecule has 0 radical (unpaired) electrons. The molecule has 1 atom stereocenters. The summed E-state index contributed by atoms with van der Waals surface area (Å²) in [6, 6.07) is 14.8. The lowest BCUT2D eigenvalue weighted by Gasteiger charge is -2.21. The summed E-state index contributed by atoms with van der Waals surface area (Å²) in [6.07, 6.45) is 1.78. The van der Waals surface area contributed by atoms with Gasteiger partial charge in [-0.25, -0.2) is 13.4 Å². The van der Waals surface area contributed by atoms with Gasteiger partial charge in [-0.3, -0.25) is 14.4 Å². The zero-order valence-corrected chi connectivity index (χ0v) is 18.0. The van der Waals surface area contributed by atoms with Gasteiger partial charge in [0.05, 0.1) is 17.6 Å². The minimum Gasteiger partial charge on any atom is -0.298 e. The predicted molar refractivity (Wildman–Crippen MR) is 117 cm³/mol.